The molecular formula is C29H31N5O3S. The number of nitro benzene ring substituents is 1. The van der Waals surface area contributed by atoms with Gasteiger partial charge in [0.25, 0.3) is 11.6 Å². The second-order valence-corrected chi connectivity index (χ2v) is 10.6. The number of amides is 1. The van der Waals surface area contributed by atoms with E-state index in [9.17, 15) is 14.9 Å². The predicted molar refractivity (Wildman–Crippen MR) is 154 cm³/mol. The molecule has 5 rings (SSSR count). The first-order valence-corrected chi connectivity index (χ1v) is 14.0. The highest BCUT2D eigenvalue weighted by molar-refractivity contribution is 7.99. The lowest BCUT2D eigenvalue weighted by molar-refractivity contribution is -0.384. The molecule has 1 amide bonds. The zero-order valence-electron chi connectivity index (χ0n) is 21.5. The van der Waals surface area contributed by atoms with Gasteiger partial charge in [0, 0.05) is 54.5 Å². The number of para-hydroxylation sites is 1. The average Bonchev–Trinajstić information content (AvgIpc) is 3.20. The van der Waals surface area contributed by atoms with Crippen LogP contribution in [0.3, 0.4) is 0 Å². The highest BCUT2D eigenvalue weighted by Gasteiger charge is 2.35. The van der Waals surface area contributed by atoms with Crippen LogP contribution < -0.4 is 9.80 Å². The number of rotatable bonds is 9. The SMILES string of the molecule is CCCCSc1ccc(N=C2C(=O)N(CN3CCN(c4ccc([N+](=O)[O-])cc4)CC3)c3ccccc32)cc1. The maximum atomic E-state index is 13.6. The van der Waals surface area contributed by atoms with Crippen LogP contribution in [0.1, 0.15) is 25.3 Å². The summed E-state index contributed by atoms with van der Waals surface area (Å²) in [6, 6.07) is 22.7. The van der Waals surface area contributed by atoms with Gasteiger partial charge in [-0.05, 0) is 54.6 Å². The van der Waals surface area contributed by atoms with Crippen molar-refractivity contribution in [1.29, 1.82) is 0 Å². The maximum Gasteiger partial charge on any atom is 0.278 e. The molecule has 0 aliphatic carbocycles. The normalized spacial score (nSPS) is 16.8. The summed E-state index contributed by atoms with van der Waals surface area (Å²) in [6.07, 6.45) is 2.38. The van der Waals surface area contributed by atoms with Crippen LogP contribution in [0, 0.1) is 10.1 Å². The van der Waals surface area contributed by atoms with Crippen molar-refractivity contribution in [3.63, 3.8) is 0 Å². The van der Waals surface area contributed by atoms with Crippen LogP contribution in [-0.2, 0) is 4.79 Å². The molecule has 0 atom stereocenters. The van der Waals surface area contributed by atoms with Crippen molar-refractivity contribution >= 4 is 46.1 Å². The van der Waals surface area contributed by atoms with Crippen molar-refractivity contribution in [2.45, 2.75) is 24.7 Å². The Labute approximate surface area is 227 Å². The highest BCUT2D eigenvalue weighted by Crippen LogP contribution is 2.32. The van der Waals surface area contributed by atoms with Gasteiger partial charge in [0.2, 0.25) is 0 Å². The number of hydrogen-bond donors (Lipinski definition) is 0. The van der Waals surface area contributed by atoms with Crippen LogP contribution in [0.4, 0.5) is 22.7 Å². The van der Waals surface area contributed by atoms with E-state index in [1.807, 2.05) is 53.1 Å². The molecule has 0 bridgehead atoms. The molecule has 2 heterocycles. The van der Waals surface area contributed by atoms with E-state index in [4.69, 9.17) is 4.99 Å². The molecule has 38 heavy (non-hydrogen) atoms. The summed E-state index contributed by atoms with van der Waals surface area (Å²) in [5.41, 5.74) is 4.09. The van der Waals surface area contributed by atoms with Gasteiger partial charge in [0.05, 0.1) is 23.0 Å². The van der Waals surface area contributed by atoms with Gasteiger partial charge in [0.1, 0.15) is 5.71 Å². The minimum absolute atomic E-state index is 0.0783. The fourth-order valence-electron chi connectivity index (χ4n) is 4.72. The summed E-state index contributed by atoms with van der Waals surface area (Å²) in [5.74, 6) is 1.03. The third-order valence-electron chi connectivity index (χ3n) is 6.88. The van der Waals surface area contributed by atoms with E-state index < -0.39 is 0 Å². The standard InChI is InChI=1S/C29H31N5O3S/c1-2-3-20-38-25-14-8-22(9-15-25)30-28-26-6-4-5-7-27(26)33(29(28)35)21-31-16-18-32(19-17-31)23-10-12-24(13-11-23)34(36)37/h4-15H,2-3,16-21H2,1H3. The predicted octanol–water partition coefficient (Wildman–Crippen LogP) is 5.73. The Morgan fingerprint density at radius 3 is 2.34 bits per heavy atom. The Bertz CT molecular complexity index is 1320. The number of non-ortho nitro benzene ring substituents is 1. The van der Waals surface area contributed by atoms with E-state index in [-0.39, 0.29) is 16.5 Å². The van der Waals surface area contributed by atoms with Crippen LogP contribution in [0.15, 0.2) is 82.7 Å². The molecule has 8 nitrogen and oxygen atoms in total. The summed E-state index contributed by atoms with van der Waals surface area (Å²) >= 11 is 1.85. The van der Waals surface area contributed by atoms with Crippen molar-refractivity contribution in [1.82, 2.24) is 4.90 Å². The average molecular weight is 530 g/mol. The molecule has 1 saturated heterocycles. The molecule has 2 aliphatic rings. The number of benzene rings is 3. The van der Waals surface area contributed by atoms with Gasteiger partial charge in [-0.15, -0.1) is 11.8 Å². The van der Waals surface area contributed by atoms with E-state index in [1.54, 1.807) is 24.3 Å². The molecule has 2 aliphatic heterocycles. The molecule has 196 valence electrons. The number of hydrogen-bond acceptors (Lipinski definition) is 7. The molecule has 1 fully saturated rings. The van der Waals surface area contributed by atoms with Gasteiger partial charge in [-0.2, -0.15) is 0 Å². The van der Waals surface area contributed by atoms with Crippen molar-refractivity contribution in [3.8, 4) is 0 Å². The van der Waals surface area contributed by atoms with E-state index in [1.165, 1.54) is 17.7 Å². The molecule has 0 radical (unpaired) electrons. The lowest BCUT2D eigenvalue weighted by atomic mass is 10.1. The summed E-state index contributed by atoms with van der Waals surface area (Å²) < 4.78 is 0. The van der Waals surface area contributed by atoms with Crippen LogP contribution >= 0.6 is 11.8 Å². The molecule has 9 heteroatoms. The lowest BCUT2D eigenvalue weighted by Crippen LogP contribution is -2.51. The number of carbonyl (C=O) groups is 1. The van der Waals surface area contributed by atoms with Gasteiger partial charge >= 0.3 is 0 Å². The van der Waals surface area contributed by atoms with E-state index in [0.717, 1.165) is 54.6 Å². The van der Waals surface area contributed by atoms with Gasteiger partial charge in [-0.3, -0.25) is 24.7 Å². The number of fused-ring (bicyclic) bond motifs is 1. The van der Waals surface area contributed by atoms with E-state index in [0.29, 0.717) is 12.4 Å². The number of unbranched alkanes of at least 4 members (excludes halogenated alkanes) is 1. The summed E-state index contributed by atoms with van der Waals surface area (Å²) in [5, 5.41) is 10.9. The largest absolute Gasteiger partial charge is 0.369 e. The van der Waals surface area contributed by atoms with E-state index >= 15 is 0 Å². The first kappa shape index (κ1) is 25.9. The van der Waals surface area contributed by atoms with Crippen molar-refractivity contribution in [2.24, 2.45) is 4.99 Å². The van der Waals surface area contributed by atoms with Gasteiger partial charge in [0.15, 0.2) is 0 Å². The second kappa shape index (κ2) is 11.8. The first-order valence-electron chi connectivity index (χ1n) is 13.0. The van der Waals surface area contributed by atoms with Gasteiger partial charge < -0.3 is 4.90 Å². The van der Waals surface area contributed by atoms with Crippen LogP contribution in [0.5, 0.6) is 0 Å². The topological polar surface area (TPSA) is 82.3 Å². The molecule has 0 saturated carbocycles. The van der Waals surface area contributed by atoms with Crippen LogP contribution in [-0.4, -0.2) is 60.0 Å². The number of anilines is 2. The number of thioether (sulfide) groups is 1. The Kier molecular flexibility index (Phi) is 8.05. The van der Waals surface area contributed by atoms with Crippen molar-refractivity contribution < 1.29 is 9.72 Å². The van der Waals surface area contributed by atoms with Crippen molar-refractivity contribution in [2.75, 3.05) is 48.4 Å². The molecule has 3 aromatic rings. The fraction of sp³-hybridized carbons (Fsp3) is 0.310. The number of nitrogens with zero attached hydrogens (tertiary/aromatic N) is 5. The lowest BCUT2D eigenvalue weighted by Gasteiger charge is -2.37. The quantitative estimate of drug-likeness (QED) is 0.152. The molecule has 3 aromatic carbocycles. The molecule has 0 aromatic heterocycles. The Morgan fingerprint density at radius 2 is 1.66 bits per heavy atom. The maximum absolute atomic E-state index is 13.6. The van der Waals surface area contributed by atoms with Crippen molar-refractivity contribution in [3.05, 3.63) is 88.5 Å². The molecule has 0 unspecified atom stereocenters. The highest BCUT2D eigenvalue weighted by atomic mass is 32.2. The number of nitro groups is 1. The third-order valence-corrected chi connectivity index (χ3v) is 7.98. The summed E-state index contributed by atoms with van der Waals surface area (Å²) in [6.45, 7) is 5.83. The van der Waals surface area contributed by atoms with E-state index in [2.05, 4.69) is 28.9 Å². The minimum atomic E-state index is -0.382. The number of aliphatic imine (C=N–C) groups is 1. The summed E-state index contributed by atoms with van der Waals surface area (Å²) in [4.78, 5) is 36.4. The minimum Gasteiger partial charge on any atom is -0.369 e. The summed E-state index contributed by atoms with van der Waals surface area (Å²) in [7, 11) is 0. The Balaban J connectivity index is 1.25. The Morgan fingerprint density at radius 1 is 0.947 bits per heavy atom. The second-order valence-electron chi connectivity index (χ2n) is 9.43. The zero-order valence-corrected chi connectivity index (χ0v) is 22.3. The van der Waals surface area contributed by atoms with Gasteiger partial charge in [-0.1, -0.05) is 31.5 Å². The fourth-order valence-corrected chi connectivity index (χ4v) is 5.72. The third kappa shape index (κ3) is 5.74. The molecule has 0 N–H and O–H groups in total. The zero-order chi connectivity index (χ0) is 26.5. The number of carbonyl (C=O) groups excluding carboxylic acids is 1. The monoisotopic (exact) mass is 529 g/mol. The number of piperazine rings is 1. The molecular weight excluding hydrogens is 498 g/mol. The van der Waals surface area contributed by atoms with Gasteiger partial charge in [-0.25, -0.2) is 4.99 Å². The first-order chi connectivity index (χ1) is 18.5. The van der Waals surface area contributed by atoms with Crippen LogP contribution in [0.25, 0.3) is 0 Å². The smallest absolute Gasteiger partial charge is 0.278 e. The molecule has 0 spiro atoms. The van der Waals surface area contributed by atoms with Crippen LogP contribution in [0.2, 0.25) is 0 Å². The Hall–Kier alpha value is -3.69.